The lowest BCUT2D eigenvalue weighted by Gasteiger charge is -2.26. The average Bonchev–Trinajstić information content (AvgIpc) is 2.66. The molecule has 3 nitrogen and oxygen atoms in total. The summed E-state index contributed by atoms with van der Waals surface area (Å²) >= 11 is 0. The number of hydrogen-bond donors (Lipinski definition) is 1. The van der Waals surface area contributed by atoms with Crippen LogP contribution in [0.3, 0.4) is 0 Å². The van der Waals surface area contributed by atoms with Gasteiger partial charge in [-0.25, -0.2) is 0 Å². The molecule has 0 unspecified atom stereocenters. The molecule has 1 amide bonds. The topological polar surface area (TPSA) is 32.3 Å². The molecule has 2 aliphatic rings. The highest BCUT2D eigenvalue weighted by molar-refractivity contribution is 6.02. The van der Waals surface area contributed by atoms with E-state index in [4.69, 9.17) is 0 Å². The van der Waals surface area contributed by atoms with Crippen LogP contribution < -0.4 is 10.2 Å². The monoisotopic (exact) mass is 244 g/mol. The predicted octanol–water partition coefficient (Wildman–Crippen LogP) is 2.02. The first-order chi connectivity index (χ1) is 8.65. The largest absolute Gasteiger partial charge is 0.312 e. The number of benzene rings is 1. The summed E-state index contributed by atoms with van der Waals surface area (Å²) in [5.74, 6) is 0.278. The van der Waals surface area contributed by atoms with Crippen molar-refractivity contribution in [2.24, 2.45) is 0 Å². The fourth-order valence-corrected chi connectivity index (χ4v) is 2.98. The van der Waals surface area contributed by atoms with Crippen molar-refractivity contribution < 1.29 is 4.79 Å². The summed E-state index contributed by atoms with van der Waals surface area (Å²) in [6.07, 6.45) is 2.80. The second-order valence-electron chi connectivity index (χ2n) is 5.62. The van der Waals surface area contributed by atoms with E-state index in [1.54, 1.807) is 0 Å². The Morgan fingerprint density at radius 3 is 2.89 bits per heavy atom. The Balaban J connectivity index is 1.93. The van der Waals surface area contributed by atoms with Crippen LogP contribution in [0, 0.1) is 0 Å². The molecule has 1 aromatic carbocycles. The second-order valence-corrected chi connectivity index (χ2v) is 5.62. The van der Waals surface area contributed by atoms with Crippen LogP contribution in [0.25, 0.3) is 0 Å². The van der Waals surface area contributed by atoms with Gasteiger partial charge in [0, 0.05) is 19.1 Å². The van der Waals surface area contributed by atoms with Gasteiger partial charge in [0.1, 0.15) is 0 Å². The van der Waals surface area contributed by atoms with Gasteiger partial charge >= 0.3 is 0 Å². The zero-order valence-electron chi connectivity index (χ0n) is 11.1. The molecule has 0 aromatic heterocycles. The van der Waals surface area contributed by atoms with E-state index < -0.39 is 0 Å². The zero-order valence-corrected chi connectivity index (χ0v) is 11.1. The lowest BCUT2D eigenvalue weighted by atomic mass is 9.97. The molecular weight excluding hydrogens is 224 g/mol. The molecule has 0 saturated carbocycles. The highest BCUT2D eigenvalue weighted by atomic mass is 16.2. The van der Waals surface area contributed by atoms with Crippen LogP contribution in [0.5, 0.6) is 0 Å². The number of anilines is 1. The Morgan fingerprint density at radius 2 is 2.11 bits per heavy atom. The van der Waals surface area contributed by atoms with E-state index in [2.05, 4.69) is 31.3 Å². The van der Waals surface area contributed by atoms with Gasteiger partial charge < -0.3 is 10.2 Å². The summed E-state index contributed by atoms with van der Waals surface area (Å²) in [5.41, 5.74) is 5.14. The SMILES string of the molecule is CC(C)NCc1cc2c3c(c1)CC(=O)N3CCC2. The van der Waals surface area contributed by atoms with Gasteiger partial charge in [-0.3, -0.25) is 4.79 Å². The molecule has 2 heterocycles. The van der Waals surface area contributed by atoms with E-state index in [9.17, 15) is 4.79 Å². The molecule has 0 atom stereocenters. The van der Waals surface area contributed by atoms with Crippen molar-refractivity contribution in [1.29, 1.82) is 0 Å². The average molecular weight is 244 g/mol. The molecule has 2 aliphatic heterocycles. The Labute approximate surface area is 108 Å². The maximum atomic E-state index is 11.9. The van der Waals surface area contributed by atoms with Crippen molar-refractivity contribution >= 4 is 11.6 Å². The maximum Gasteiger partial charge on any atom is 0.231 e. The number of carbonyl (C=O) groups excluding carboxylic acids is 1. The van der Waals surface area contributed by atoms with E-state index in [0.29, 0.717) is 12.5 Å². The van der Waals surface area contributed by atoms with Crippen LogP contribution in [0.4, 0.5) is 5.69 Å². The summed E-state index contributed by atoms with van der Waals surface area (Å²) in [4.78, 5) is 13.9. The molecule has 0 aliphatic carbocycles. The molecule has 96 valence electrons. The van der Waals surface area contributed by atoms with Gasteiger partial charge in [-0.2, -0.15) is 0 Å². The number of aryl methyl sites for hydroxylation is 1. The normalized spacial score (nSPS) is 17.5. The van der Waals surface area contributed by atoms with Crippen LogP contribution in [0.1, 0.15) is 37.0 Å². The van der Waals surface area contributed by atoms with Gasteiger partial charge in [0.15, 0.2) is 0 Å². The zero-order chi connectivity index (χ0) is 12.7. The van der Waals surface area contributed by atoms with Crippen LogP contribution in [-0.2, 0) is 24.2 Å². The summed E-state index contributed by atoms with van der Waals surface area (Å²) in [7, 11) is 0. The molecule has 18 heavy (non-hydrogen) atoms. The van der Waals surface area contributed by atoms with E-state index in [1.165, 1.54) is 22.4 Å². The summed E-state index contributed by atoms with van der Waals surface area (Å²) in [6, 6.07) is 4.98. The van der Waals surface area contributed by atoms with Crippen LogP contribution in [0.15, 0.2) is 12.1 Å². The lowest BCUT2D eigenvalue weighted by Crippen LogP contribution is -2.31. The Bertz CT molecular complexity index is 494. The quantitative estimate of drug-likeness (QED) is 0.882. The van der Waals surface area contributed by atoms with Crippen molar-refractivity contribution in [3.63, 3.8) is 0 Å². The Kier molecular flexibility index (Phi) is 2.86. The van der Waals surface area contributed by atoms with Crippen LogP contribution in [-0.4, -0.2) is 18.5 Å². The molecular formula is C15H20N2O. The van der Waals surface area contributed by atoms with Gasteiger partial charge in [0.05, 0.1) is 12.1 Å². The minimum absolute atomic E-state index is 0.278. The van der Waals surface area contributed by atoms with Gasteiger partial charge in [-0.15, -0.1) is 0 Å². The molecule has 0 saturated heterocycles. The minimum atomic E-state index is 0.278. The fourth-order valence-electron chi connectivity index (χ4n) is 2.98. The van der Waals surface area contributed by atoms with E-state index >= 15 is 0 Å². The van der Waals surface area contributed by atoms with Crippen LogP contribution >= 0.6 is 0 Å². The molecule has 0 fully saturated rings. The lowest BCUT2D eigenvalue weighted by molar-refractivity contribution is -0.117. The van der Waals surface area contributed by atoms with Crippen molar-refractivity contribution in [2.75, 3.05) is 11.4 Å². The molecule has 1 aromatic rings. The first kappa shape index (κ1) is 11.7. The maximum absolute atomic E-state index is 11.9. The van der Waals surface area contributed by atoms with Gasteiger partial charge in [-0.05, 0) is 29.5 Å². The number of rotatable bonds is 3. The van der Waals surface area contributed by atoms with Gasteiger partial charge in [-0.1, -0.05) is 26.0 Å². The Morgan fingerprint density at radius 1 is 1.33 bits per heavy atom. The fraction of sp³-hybridized carbons (Fsp3) is 0.533. The summed E-state index contributed by atoms with van der Waals surface area (Å²) < 4.78 is 0. The van der Waals surface area contributed by atoms with Crippen molar-refractivity contribution in [3.8, 4) is 0 Å². The first-order valence-electron chi connectivity index (χ1n) is 6.83. The Hall–Kier alpha value is -1.35. The minimum Gasteiger partial charge on any atom is -0.312 e. The second kappa shape index (κ2) is 4.39. The van der Waals surface area contributed by atoms with E-state index in [-0.39, 0.29) is 5.91 Å². The third kappa shape index (κ3) is 1.93. The van der Waals surface area contributed by atoms with Crippen LogP contribution in [0.2, 0.25) is 0 Å². The number of amides is 1. The summed E-state index contributed by atoms with van der Waals surface area (Å²) in [5, 5.41) is 3.45. The molecule has 3 rings (SSSR count). The molecule has 0 radical (unpaired) electrons. The van der Waals surface area contributed by atoms with Crippen molar-refractivity contribution in [1.82, 2.24) is 5.32 Å². The standard InChI is InChI=1S/C15H20N2O/c1-10(2)16-9-11-6-12-4-3-5-17-14(18)8-13(7-11)15(12)17/h6-7,10,16H,3-5,8-9H2,1-2H3. The van der Waals surface area contributed by atoms with E-state index in [0.717, 1.165) is 25.9 Å². The number of hydrogen-bond acceptors (Lipinski definition) is 2. The highest BCUT2D eigenvalue weighted by Gasteiger charge is 2.32. The van der Waals surface area contributed by atoms with Gasteiger partial charge in [0.25, 0.3) is 0 Å². The number of carbonyl (C=O) groups is 1. The first-order valence-corrected chi connectivity index (χ1v) is 6.83. The summed E-state index contributed by atoms with van der Waals surface area (Å²) in [6.45, 7) is 6.11. The molecule has 3 heteroatoms. The van der Waals surface area contributed by atoms with Gasteiger partial charge in [0.2, 0.25) is 5.91 Å². The third-order valence-corrected chi connectivity index (χ3v) is 3.78. The third-order valence-electron chi connectivity index (χ3n) is 3.78. The van der Waals surface area contributed by atoms with Crippen molar-refractivity contribution in [3.05, 3.63) is 28.8 Å². The number of nitrogens with zero attached hydrogens (tertiary/aromatic N) is 1. The van der Waals surface area contributed by atoms with E-state index in [1.807, 2.05) is 4.90 Å². The molecule has 0 spiro atoms. The van der Waals surface area contributed by atoms with Crippen molar-refractivity contribution in [2.45, 2.75) is 45.7 Å². The smallest absolute Gasteiger partial charge is 0.231 e. The molecule has 0 bridgehead atoms. The molecule has 1 N–H and O–H groups in total. The number of nitrogens with one attached hydrogen (secondary N) is 1. The predicted molar refractivity (Wildman–Crippen MR) is 72.8 cm³/mol. The highest BCUT2D eigenvalue weighted by Crippen LogP contribution is 2.37.